The zero-order valence-corrected chi connectivity index (χ0v) is 14.3. The number of benzene rings is 1. The van der Waals surface area contributed by atoms with E-state index in [1.165, 1.54) is 45.3 Å². The molecule has 1 aromatic heterocycles. The number of fused-ring (bicyclic) bond motifs is 1. The first-order valence-corrected chi connectivity index (χ1v) is 9.48. The van der Waals surface area contributed by atoms with Crippen molar-refractivity contribution in [3.05, 3.63) is 45.4 Å². The Labute approximate surface area is 135 Å². The Balaban J connectivity index is 1.69. The van der Waals surface area contributed by atoms with Crippen molar-refractivity contribution in [2.75, 3.05) is 6.54 Å². The average Bonchev–Trinajstić information content (AvgIpc) is 2.90. The molecule has 0 bridgehead atoms. The first kappa shape index (κ1) is 15.1. The summed E-state index contributed by atoms with van der Waals surface area (Å²) in [4.78, 5) is 7.77. The van der Waals surface area contributed by atoms with Crippen LogP contribution in [0.15, 0.2) is 29.2 Å². The minimum atomic E-state index is 0.479. The predicted octanol–water partition coefficient (Wildman–Crippen LogP) is 4.73. The number of hydrogen-bond donors (Lipinski definition) is 1. The van der Waals surface area contributed by atoms with Gasteiger partial charge in [-0.2, -0.15) is 0 Å². The Bertz CT molecular complexity index is 607. The molecular weight excluding hydrogens is 296 g/mol. The number of nitrogens with one attached hydrogen (secondary N) is 1. The van der Waals surface area contributed by atoms with E-state index in [0.717, 1.165) is 12.3 Å². The van der Waals surface area contributed by atoms with Gasteiger partial charge < -0.3 is 5.32 Å². The molecule has 2 nitrogen and oxygen atoms in total. The Morgan fingerprint density at radius 2 is 2.33 bits per heavy atom. The van der Waals surface area contributed by atoms with Gasteiger partial charge in [-0.1, -0.05) is 24.6 Å². The molecule has 0 amide bonds. The number of aryl methyl sites for hydroxylation is 2. The van der Waals surface area contributed by atoms with Gasteiger partial charge in [0.2, 0.25) is 0 Å². The third kappa shape index (κ3) is 3.68. The van der Waals surface area contributed by atoms with Crippen LogP contribution in [0.1, 0.15) is 46.9 Å². The smallest absolute Gasteiger partial charge is 0.103 e. The van der Waals surface area contributed by atoms with E-state index in [1.807, 2.05) is 23.1 Å². The van der Waals surface area contributed by atoms with Crippen molar-refractivity contribution in [2.45, 2.75) is 49.8 Å². The van der Waals surface area contributed by atoms with Gasteiger partial charge in [0.05, 0.1) is 17.5 Å². The summed E-state index contributed by atoms with van der Waals surface area (Å²) >= 11 is 3.81. The monoisotopic (exact) mass is 318 g/mol. The molecule has 4 heteroatoms. The molecule has 1 N–H and O–H groups in total. The molecule has 0 saturated carbocycles. The van der Waals surface area contributed by atoms with Crippen molar-refractivity contribution in [1.29, 1.82) is 0 Å². The van der Waals surface area contributed by atoms with Gasteiger partial charge >= 0.3 is 0 Å². The van der Waals surface area contributed by atoms with Crippen LogP contribution in [0, 0.1) is 6.92 Å². The fraction of sp³-hybridized carbons (Fsp3) is 0.471. The molecule has 1 aliphatic rings. The average molecular weight is 319 g/mol. The van der Waals surface area contributed by atoms with Gasteiger partial charge in [0.15, 0.2) is 0 Å². The third-order valence-electron chi connectivity index (χ3n) is 3.80. The summed E-state index contributed by atoms with van der Waals surface area (Å²) in [6.45, 7) is 5.34. The lowest BCUT2D eigenvalue weighted by atomic mass is 9.98. The number of hydrogen-bond acceptors (Lipinski definition) is 4. The quantitative estimate of drug-likeness (QED) is 0.807. The Hall–Kier alpha value is -0.840. The maximum Gasteiger partial charge on any atom is 0.103 e. The molecule has 1 heterocycles. The molecule has 0 radical (unpaired) electrons. The molecule has 0 aliphatic heterocycles. The third-order valence-corrected chi connectivity index (χ3v) is 6.12. The van der Waals surface area contributed by atoms with Crippen LogP contribution in [0.2, 0.25) is 0 Å². The van der Waals surface area contributed by atoms with Gasteiger partial charge in [-0.3, -0.25) is 0 Å². The molecule has 1 unspecified atom stereocenters. The maximum atomic E-state index is 4.92. The normalized spacial score (nSPS) is 17.7. The lowest BCUT2D eigenvalue weighted by Crippen LogP contribution is -2.24. The highest BCUT2D eigenvalue weighted by Crippen LogP contribution is 2.35. The lowest BCUT2D eigenvalue weighted by Gasteiger charge is -2.21. The molecule has 0 spiro atoms. The van der Waals surface area contributed by atoms with Gasteiger partial charge in [0.25, 0.3) is 0 Å². The summed E-state index contributed by atoms with van der Waals surface area (Å²) in [6.07, 6.45) is 3.73. The van der Waals surface area contributed by atoms with Crippen LogP contribution in [0.5, 0.6) is 0 Å². The van der Waals surface area contributed by atoms with Crippen molar-refractivity contribution < 1.29 is 0 Å². The molecular formula is C17H22N2S2. The zero-order chi connectivity index (χ0) is 14.7. The highest BCUT2D eigenvalue weighted by Gasteiger charge is 2.23. The molecule has 0 fully saturated rings. The minimum absolute atomic E-state index is 0.479. The maximum absolute atomic E-state index is 4.92. The van der Waals surface area contributed by atoms with Gasteiger partial charge in [-0.05, 0) is 44.9 Å². The van der Waals surface area contributed by atoms with Crippen LogP contribution >= 0.6 is 23.1 Å². The number of rotatable bonds is 5. The highest BCUT2D eigenvalue weighted by atomic mass is 32.2. The second kappa shape index (κ2) is 6.95. The topological polar surface area (TPSA) is 24.9 Å². The first-order chi connectivity index (χ1) is 10.3. The number of nitrogens with zero attached hydrogens (tertiary/aromatic N) is 1. The minimum Gasteiger partial charge on any atom is -0.309 e. The van der Waals surface area contributed by atoms with Gasteiger partial charge in [-0.15, -0.1) is 23.1 Å². The molecule has 0 saturated heterocycles. The van der Waals surface area contributed by atoms with E-state index in [1.54, 1.807) is 0 Å². The summed E-state index contributed by atoms with van der Waals surface area (Å²) < 4.78 is 0. The SMILES string of the molecule is CCNC1CCCc2sc(CSc3cccc(C)c3)nc21. The van der Waals surface area contributed by atoms with E-state index in [4.69, 9.17) is 4.98 Å². The van der Waals surface area contributed by atoms with E-state index in [9.17, 15) is 0 Å². The van der Waals surface area contributed by atoms with Crippen molar-refractivity contribution in [3.63, 3.8) is 0 Å². The second-order valence-corrected chi connectivity index (χ2v) is 7.74. The predicted molar refractivity (Wildman–Crippen MR) is 92.2 cm³/mol. The number of thioether (sulfide) groups is 1. The molecule has 2 aromatic rings. The molecule has 1 aliphatic carbocycles. The summed E-state index contributed by atoms with van der Waals surface area (Å²) in [7, 11) is 0. The van der Waals surface area contributed by atoms with Crippen LogP contribution in [-0.4, -0.2) is 11.5 Å². The number of thiazole rings is 1. The van der Waals surface area contributed by atoms with E-state index in [2.05, 4.69) is 43.4 Å². The fourth-order valence-corrected chi connectivity index (χ4v) is 5.00. The van der Waals surface area contributed by atoms with E-state index >= 15 is 0 Å². The number of aromatic nitrogens is 1. The van der Waals surface area contributed by atoms with Gasteiger partial charge in [0.1, 0.15) is 5.01 Å². The first-order valence-electron chi connectivity index (χ1n) is 7.67. The lowest BCUT2D eigenvalue weighted by molar-refractivity contribution is 0.465. The largest absolute Gasteiger partial charge is 0.309 e. The van der Waals surface area contributed by atoms with Crippen LogP contribution < -0.4 is 5.32 Å². The molecule has 3 rings (SSSR count). The van der Waals surface area contributed by atoms with Crippen molar-refractivity contribution >= 4 is 23.1 Å². The Kier molecular flexibility index (Phi) is 4.99. The van der Waals surface area contributed by atoms with Crippen LogP contribution in [0.25, 0.3) is 0 Å². The summed E-state index contributed by atoms with van der Waals surface area (Å²) in [5.74, 6) is 0.986. The van der Waals surface area contributed by atoms with Gasteiger partial charge in [0, 0.05) is 9.77 Å². The summed E-state index contributed by atoms with van der Waals surface area (Å²) in [5, 5.41) is 4.85. The van der Waals surface area contributed by atoms with E-state index in [0.29, 0.717) is 6.04 Å². The molecule has 21 heavy (non-hydrogen) atoms. The van der Waals surface area contributed by atoms with Crippen molar-refractivity contribution in [3.8, 4) is 0 Å². The zero-order valence-electron chi connectivity index (χ0n) is 12.7. The Morgan fingerprint density at radius 1 is 1.43 bits per heavy atom. The molecule has 1 aromatic carbocycles. The standard InChI is InChI=1S/C17H22N2S2/c1-3-18-14-8-5-9-15-17(14)19-16(21-15)11-20-13-7-4-6-12(2)10-13/h4,6-7,10,14,18H,3,5,8-9,11H2,1-2H3. The summed E-state index contributed by atoms with van der Waals surface area (Å²) in [6, 6.07) is 9.19. The highest BCUT2D eigenvalue weighted by molar-refractivity contribution is 7.98. The van der Waals surface area contributed by atoms with Gasteiger partial charge in [-0.25, -0.2) is 4.98 Å². The van der Waals surface area contributed by atoms with Crippen molar-refractivity contribution in [1.82, 2.24) is 10.3 Å². The summed E-state index contributed by atoms with van der Waals surface area (Å²) in [5.41, 5.74) is 2.65. The Morgan fingerprint density at radius 3 is 3.14 bits per heavy atom. The van der Waals surface area contributed by atoms with E-state index < -0.39 is 0 Å². The van der Waals surface area contributed by atoms with Crippen molar-refractivity contribution in [2.24, 2.45) is 0 Å². The fourth-order valence-electron chi connectivity index (χ4n) is 2.83. The van der Waals surface area contributed by atoms with Crippen LogP contribution in [-0.2, 0) is 12.2 Å². The van der Waals surface area contributed by atoms with Crippen LogP contribution in [0.3, 0.4) is 0 Å². The van der Waals surface area contributed by atoms with Crippen LogP contribution in [0.4, 0.5) is 0 Å². The molecule has 112 valence electrons. The van der Waals surface area contributed by atoms with E-state index in [-0.39, 0.29) is 0 Å². The molecule has 1 atom stereocenters. The second-order valence-electron chi connectivity index (χ2n) is 5.52.